The minimum atomic E-state index is -1.87. The van der Waals surface area contributed by atoms with Gasteiger partial charge in [-0.3, -0.25) is 14.4 Å². The van der Waals surface area contributed by atoms with Crippen LogP contribution in [0.2, 0.25) is 0 Å². The third kappa shape index (κ3) is 9.53. The van der Waals surface area contributed by atoms with E-state index in [2.05, 4.69) is 16.0 Å². The van der Waals surface area contributed by atoms with E-state index in [0.29, 0.717) is 19.2 Å². The zero-order chi connectivity index (χ0) is 42.0. The minimum Gasteiger partial charge on any atom is -0.388 e. The second kappa shape index (κ2) is 19.4. The van der Waals surface area contributed by atoms with E-state index in [4.69, 9.17) is 42.6 Å². The van der Waals surface area contributed by atoms with E-state index in [-0.39, 0.29) is 0 Å². The number of hydrogen-bond donors (Lipinski definition) is 12. The first-order valence-corrected chi connectivity index (χ1v) is 18.6. The Morgan fingerprint density at radius 1 is 0.368 bits per heavy atom. The maximum absolute atomic E-state index is 11.6. The molecule has 0 saturated carbocycles. The fourth-order valence-electron chi connectivity index (χ4n) is 7.66. The van der Waals surface area contributed by atoms with Crippen molar-refractivity contribution >= 4 is 19.2 Å². The molecule has 5 aliphatic rings. The second-order valence-electron chi connectivity index (χ2n) is 14.8. The molecule has 12 N–H and O–H groups in total. The summed E-state index contributed by atoms with van der Waals surface area (Å²) in [5, 5.41) is 106. The first kappa shape index (κ1) is 45.8. The van der Waals surface area contributed by atoms with Gasteiger partial charge in [-0.15, -0.1) is 0 Å². The number of aliphatic hydroxyl groups excluding tert-OH is 9. The molecule has 0 aromatic carbocycles. The molecule has 5 saturated heterocycles. The molecule has 57 heavy (non-hydrogen) atoms. The lowest BCUT2D eigenvalue weighted by Crippen LogP contribution is -2.69. The fourth-order valence-corrected chi connectivity index (χ4v) is 7.66. The molecule has 24 nitrogen and oxygen atoms in total. The van der Waals surface area contributed by atoms with Crippen LogP contribution in [0.15, 0.2) is 0 Å². The van der Waals surface area contributed by atoms with Crippen LogP contribution in [0.1, 0.15) is 34.6 Å². The van der Waals surface area contributed by atoms with Gasteiger partial charge >= 0.3 is 0 Å². The van der Waals surface area contributed by atoms with E-state index in [1.165, 1.54) is 34.6 Å². The molecule has 3 amide bonds. The van der Waals surface area contributed by atoms with Gasteiger partial charge in [-0.05, 0) is 34.6 Å². The molecule has 0 unspecified atom stereocenters. The number of carbonyl (C=O) groups excluding carboxylic acids is 3. The molecule has 5 fully saturated rings. The Bertz CT molecular complexity index is 1330. The van der Waals surface area contributed by atoms with Crippen molar-refractivity contribution in [1.29, 1.82) is 0 Å². The van der Waals surface area contributed by atoms with E-state index < -0.39 is 153 Å². The predicted molar refractivity (Wildman–Crippen MR) is 180 cm³/mol. The monoisotopic (exact) mass is 829 g/mol. The number of ether oxygens (including phenoxy) is 9. The van der Waals surface area contributed by atoms with E-state index in [9.17, 15) is 60.3 Å². The average Bonchev–Trinajstić information content (AvgIpc) is 3.16. The summed E-state index contributed by atoms with van der Waals surface area (Å²) in [5.74, 6) is 0. The Hall–Kier alpha value is -2.31. The van der Waals surface area contributed by atoms with E-state index >= 15 is 0 Å². The number of rotatable bonds is 14. The summed E-state index contributed by atoms with van der Waals surface area (Å²) in [6.07, 6.45) is -33.5. The van der Waals surface area contributed by atoms with Crippen molar-refractivity contribution in [2.45, 2.75) is 188 Å². The normalized spacial score (nSPS) is 52.0. The fraction of sp³-hybridized carbons (Fsp3) is 0.909. The number of nitrogens with one attached hydrogen (secondary N) is 3. The van der Waals surface area contributed by atoms with Crippen molar-refractivity contribution in [2.24, 2.45) is 0 Å². The van der Waals surface area contributed by atoms with E-state index in [0.717, 1.165) is 0 Å². The van der Waals surface area contributed by atoms with Crippen LogP contribution in [0.25, 0.3) is 0 Å². The lowest BCUT2D eigenvalue weighted by atomic mass is 9.94. The first-order chi connectivity index (χ1) is 26.9. The third-order valence-corrected chi connectivity index (χ3v) is 11.0. The lowest BCUT2D eigenvalue weighted by Gasteiger charge is -2.50. The number of hydrogen-bond acceptors (Lipinski definition) is 21. The standard InChI is InChI=1S/C33H55N3O21/c1-9-14(34-6-37)19(42)24(47)30(50-9)55-26-20(43)15(35-7-38)11(3)52-32(26)57-28-23(46)18(41)13(5)53-33(28)56-27-21(44)16(36-8-39)10(2)51-31(27)54-25-22(45)17(40)12(4)49-29(25)48/h6-33,40-48H,1-5H3,(H,34,37)(H,35,38)(H,36,39)/t9-,10-,11-,12-,13-,14-,15-,16-,17-,18-,19+,20+,21+,22+,23+,24+,25+,26+,27+,28+,29+,30-,31-,32-,33-/m1/s1. The van der Waals surface area contributed by atoms with Crippen LogP contribution in [0, 0.1) is 0 Å². The highest BCUT2D eigenvalue weighted by Crippen LogP contribution is 2.36. The van der Waals surface area contributed by atoms with E-state index in [1.807, 2.05) is 0 Å². The molecule has 5 aliphatic heterocycles. The maximum Gasteiger partial charge on any atom is 0.207 e. The van der Waals surface area contributed by atoms with Gasteiger partial charge in [-0.2, -0.15) is 0 Å². The van der Waals surface area contributed by atoms with Crippen LogP contribution in [0.4, 0.5) is 0 Å². The summed E-state index contributed by atoms with van der Waals surface area (Å²) in [6, 6.07) is -3.37. The molecule has 5 rings (SSSR count). The van der Waals surface area contributed by atoms with Gasteiger partial charge in [0.15, 0.2) is 31.5 Å². The van der Waals surface area contributed by atoms with Crippen molar-refractivity contribution in [3.63, 3.8) is 0 Å². The van der Waals surface area contributed by atoms with Gasteiger partial charge in [0.05, 0.1) is 48.6 Å². The summed E-state index contributed by atoms with van der Waals surface area (Å²) in [5.41, 5.74) is 0. The van der Waals surface area contributed by atoms with Crippen molar-refractivity contribution in [2.75, 3.05) is 0 Å². The Balaban J connectivity index is 1.45. The Morgan fingerprint density at radius 2 is 0.684 bits per heavy atom. The van der Waals surface area contributed by atoms with Crippen molar-refractivity contribution in [3.05, 3.63) is 0 Å². The number of carbonyl (C=O) groups is 3. The molecule has 0 aromatic heterocycles. The van der Waals surface area contributed by atoms with Gasteiger partial charge in [-0.1, -0.05) is 0 Å². The second-order valence-corrected chi connectivity index (χ2v) is 14.8. The molecule has 0 radical (unpaired) electrons. The highest BCUT2D eigenvalue weighted by atomic mass is 16.8. The van der Waals surface area contributed by atoms with Gasteiger partial charge in [0.25, 0.3) is 0 Å². The smallest absolute Gasteiger partial charge is 0.207 e. The summed E-state index contributed by atoms with van der Waals surface area (Å²) in [7, 11) is 0. The maximum atomic E-state index is 11.6. The highest BCUT2D eigenvalue weighted by Gasteiger charge is 2.56. The third-order valence-electron chi connectivity index (χ3n) is 11.0. The quantitative estimate of drug-likeness (QED) is 0.0724. The Kier molecular flexibility index (Phi) is 15.6. The van der Waals surface area contributed by atoms with Gasteiger partial charge in [0.1, 0.15) is 73.2 Å². The first-order valence-electron chi connectivity index (χ1n) is 18.6. The molecule has 5 heterocycles. The molecular weight excluding hydrogens is 774 g/mol. The zero-order valence-corrected chi connectivity index (χ0v) is 31.6. The summed E-state index contributed by atoms with van der Waals surface area (Å²) in [6.45, 7) is 7.17. The molecule has 25 atom stereocenters. The predicted octanol–water partition coefficient (Wildman–Crippen LogP) is -7.53. The van der Waals surface area contributed by atoms with E-state index in [1.54, 1.807) is 0 Å². The van der Waals surface area contributed by atoms with Crippen LogP contribution < -0.4 is 16.0 Å². The van der Waals surface area contributed by atoms with Crippen molar-refractivity contribution in [3.8, 4) is 0 Å². The molecular formula is C33H55N3O21. The van der Waals surface area contributed by atoms with Crippen LogP contribution in [-0.2, 0) is 57.0 Å². The van der Waals surface area contributed by atoms with Gasteiger partial charge in [0, 0.05) is 0 Å². The minimum absolute atomic E-state index is 0.294. The van der Waals surface area contributed by atoms with Crippen molar-refractivity contribution < 1.29 is 103 Å². The number of amides is 3. The van der Waals surface area contributed by atoms with Gasteiger partial charge in [-0.25, -0.2) is 0 Å². The summed E-state index contributed by atoms with van der Waals surface area (Å²) >= 11 is 0. The largest absolute Gasteiger partial charge is 0.388 e. The number of aliphatic hydroxyl groups is 9. The zero-order valence-electron chi connectivity index (χ0n) is 31.6. The van der Waals surface area contributed by atoms with Crippen LogP contribution in [0.3, 0.4) is 0 Å². The molecule has 0 spiro atoms. The van der Waals surface area contributed by atoms with Gasteiger partial charge < -0.3 is 105 Å². The van der Waals surface area contributed by atoms with Crippen LogP contribution in [0.5, 0.6) is 0 Å². The Labute approximate surface area is 326 Å². The summed E-state index contributed by atoms with van der Waals surface area (Å²) in [4.78, 5) is 34.1. The molecule has 0 bridgehead atoms. The molecule has 328 valence electrons. The topological polar surface area (TPSA) is 352 Å². The SMILES string of the molecule is C[C@H]1O[C@H](O[C@@H]2[C@@H](O[C@H]3[C@@H](O)[C@H](O)[C@@H](C)O[C@@H]3O)O[C@H](C)[C@@H](NC=O)[C@@H]2O)[C@@H](O[C@H]2O[C@H](C)[C@@H](NC=O)[C@H](O)[C@@H]2O[C@H]2O[C@H](C)[C@@H](NC=O)[C@H](O)[C@@H]2O)[C@@H](O)[C@@H]1O. The molecule has 0 aliphatic carbocycles. The van der Waals surface area contributed by atoms with Crippen LogP contribution >= 0.6 is 0 Å². The summed E-state index contributed by atoms with van der Waals surface area (Å²) < 4.78 is 52.9. The Morgan fingerprint density at radius 3 is 1.12 bits per heavy atom. The highest BCUT2D eigenvalue weighted by molar-refractivity contribution is 5.48. The van der Waals surface area contributed by atoms with Gasteiger partial charge in [0.2, 0.25) is 19.2 Å². The average molecular weight is 830 g/mol. The van der Waals surface area contributed by atoms with Crippen molar-refractivity contribution in [1.82, 2.24) is 16.0 Å². The molecule has 24 heteroatoms. The molecule has 0 aromatic rings. The van der Waals surface area contributed by atoms with Crippen LogP contribution in [-0.4, -0.2) is 219 Å². The lowest BCUT2D eigenvalue weighted by molar-refractivity contribution is -0.401.